The molecule has 4 nitrogen and oxygen atoms in total. The van der Waals surface area contributed by atoms with Gasteiger partial charge in [0.15, 0.2) is 5.76 Å². The zero-order valence-corrected chi connectivity index (χ0v) is 15.0. The van der Waals surface area contributed by atoms with Gasteiger partial charge in [-0.05, 0) is 36.2 Å². The molecule has 0 aromatic carbocycles. The highest BCUT2D eigenvalue weighted by Gasteiger charge is 2.66. The summed E-state index contributed by atoms with van der Waals surface area (Å²) in [7, 11) is 1.69. The predicted molar refractivity (Wildman–Crippen MR) is 91.6 cm³/mol. The zero-order valence-electron chi connectivity index (χ0n) is 13.4. The summed E-state index contributed by atoms with van der Waals surface area (Å²) in [5.41, 5.74) is 6.19. The van der Waals surface area contributed by atoms with E-state index in [0.717, 1.165) is 48.1 Å². The van der Waals surface area contributed by atoms with E-state index >= 15 is 0 Å². The first-order valence-corrected chi connectivity index (χ1v) is 9.24. The first-order valence-electron chi connectivity index (χ1n) is 8.45. The van der Waals surface area contributed by atoms with Crippen molar-refractivity contribution in [2.75, 3.05) is 7.11 Å². The largest absolute Gasteiger partial charge is 0.493 e. The Labute approximate surface area is 145 Å². The van der Waals surface area contributed by atoms with Crippen LogP contribution in [0.3, 0.4) is 0 Å². The smallest absolute Gasteiger partial charge is 0.157 e. The number of aliphatic hydroxyl groups excluding tert-OH is 1. The molecule has 126 valence electrons. The molecule has 0 amide bonds. The Morgan fingerprint density at radius 3 is 3.09 bits per heavy atom. The molecule has 2 fully saturated rings. The molecule has 1 aliphatic heterocycles. The first kappa shape index (κ1) is 15.7. The van der Waals surface area contributed by atoms with Crippen molar-refractivity contribution in [1.82, 2.24) is 0 Å². The summed E-state index contributed by atoms with van der Waals surface area (Å²) in [6.07, 6.45) is 11.4. The molecule has 0 bridgehead atoms. The Kier molecular flexibility index (Phi) is 3.67. The van der Waals surface area contributed by atoms with Crippen LogP contribution in [0.25, 0.3) is 0 Å². The Hall–Kier alpha value is -0.780. The minimum atomic E-state index is -0.428. The third-order valence-corrected chi connectivity index (χ3v) is 6.72. The number of methoxy groups -OCH3 is 1. The van der Waals surface area contributed by atoms with Crippen molar-refractivity contribution in [2.24, 2.45) is 16.6 Å². The Bertz CT molecular complexity index is 613. The summed E-state index contributed by atoms with van der Waals surface area (Å²) in [4.78, 5) is 0. The van der Waals surface area contributed by atoms with Gasteiger partial charge in [-0.1, -0.05) is 34.5 Å². The summed E-state index contributed by atoms with van der Waals surface area (Å²) in [6.45, 7) is 0. The van der Waals surface area contributed by atoms with Gasteiger partial charge in [0.05, 0.1) is 18.6 Å². The second-order valence-corrected chi connectivity index (χ2v) is 8.43. The van der Waals surface area contributed by atoms with E-state index < -0.39 is 6.10 Å². The zero-order chi connectivity index (χ0) is 16.2. The van der Waals surface area contributed by atoms with Crippen LogP contribution < -0.4 is 5.73 Å². The highest BCUT2D eigenvalue weighted by Crippen LogP contribution is 2.68. The number of ether oxygens (including phenoxy) is 2. The molecule has 3 N–H and O–H groups in total. The minimum Gasteiger partial charge on any atom is -0.493 e. The van der Waals surface area contributed by atoms with Crippen molar-refractivity contribution in [1.29, 1.82) is 0 Å². The lowest BCUT2D eigenvalue weighted by Gasteiger charge is -2.47. The predicted octanol–water partition coefficient (Wildman–Crippen LogP) is 3.12. The fourth-order valence-electron chi connectivity index (χ4n) is 5.27. The maximum atomic E-state index is 10.1. The number of hydrogen-bond acceptors (Lipinski definition) is 4. The summed E-state index contributed by atoms with van der Waals surface area (Å²) in [6, 6.07) is 0.170. The van der Waals surface area contributed by atoms with Crippen LogP contribution in [0.15, 0.2) is 34.2 Å². The van der Waals surface area contributed by atoms with E-state index in [9.17, 15) is 5.11 Å². The Balaban J connectivity index is 1.93. The van der Waals surface area contributed by atoms with Gasteiger partial charge in [0.25, 0.3) is 0 Å². The van der Waals surface area contributed by atoms with Gasteiger partial charge in [0.1, 0.15) is 11.9 Å². The molecule has 4 aliphatic rings. The SMILES string of the molecule is COC1=C2OC3C[C@@H](O)C=CC34CCCC(N)CC24CC(Br)=C1. The van der Waals surface area contributed by atoms with Gasteiger partial charge in [-0.15, -0.1) is 0 Å². The standard InChI is InChI=1S/C18H24BrNO3/c1-22-14-7-11(19)9-18-10-12(20)3-2-5-17(18)6-4-13(21)8-15(17)23-16(14)18/h4,6-7,12-13,15,21H,2-3,5,8-10,20H2,1H3/t12?,13-,15?,17?,18?/m0/s1. The molecular formula is C18H24BrNO3. The molecular weight excluding hydrogens is 358 g/mol. The minimum absolute atomic E-state index is 0.000231. The van der Waals surface area contributed by atoms with Crippen molar-refractivity contribution in [2.45, 2.75) is 56.8 Å². The number of halogens is 1. The molecule has 23 heavy (non-hydrogen) atoms. The molecule has 0 aromatic heterocycles. The van der Waals surface area contributed by atoms with Crippen LogP contribution in [0.2, 0.25) is 0 Å². The number of rotatable bonds is 1. The van der Waals surface area contributed by atoms with Crippen LogP contribution in [-0.2, 0) is 9.47 Å². The lowest BCUT2D eigenvalue weighted by Crippen LogP contribution is -2.47. The summed E-state index contributed by atoms with van der Waals surface area (Å²) in [5.74, 6) is 1.75. The van der Waals surface area contributed by atoms with E-state index in [1.807, 2.05) is 12.2 Å². The molecule has 0 radical (unpaired) electrons. The van der Waals surface area contributed by atoms with Gasteiger partial charge in [-0.2, -0.15) is 0 Å². The van der Waals surface area contributed by atoms with Gasteiger partial charge in [0, 0.05) is 17.9 Å². The van der Waals surface area contributed by atoms with E-state index in [0.29, 0.717) is 6.42 Å². The van der Waals surface area contributed by atoms with Crippen LogP contribution in [0.4, 0.5) is 0 Å². The monoisotopic (exact) mass is 381 g/mol. The number of aliphatic hydroxyl groups is 1. The second-order valence-electron chi connectivity index (χ2n) is 7.41. The van der Waals surface area contributed by atoms with E-state index in [1.54, 1.807) is 7.11 Å². The fourth-order valence-corrected chi connectivity index (χ4v) is 5.95. The molecule has 2 spiro atoms. The second kappa shape index (κ2) is 5.36. The van der Waals surface area contributed by atoms with Crippen molar-refractivity contribution in [3.8, 4) is 0 Å². The molecule has 3 aliphatic carbocycles. The van der Waals surface area contributed by atoms with Crippen molar-refractivity contribution < 1.29 is 14.6 Å². The Morgan fingerprint density at radius 1 is 1.48 bits per heavy atom. The molecule has 4 rings (SSSR count). The Morgan fingerprint density at radius 2 is 2.30 bits per heavy atom. The molecule has 1 saturated heterocycles. The lowest BCUT2D eigenvalue weighted by molar-refractivity contribution is 0.0206. The third kappa shape index (κ3) is 2.09. The van der Waals surface area contributed by atoms with Crippen LogP contribution in [-0.4, -0.2) is 30.5 Å². The van der Waals surface area contributed by atoms with Crippen LogP contribution in [0, 0.1) is 10.8 Å². The quantitative estimate of drug-likeness (QED) is 0.684. The number of nitrogens with two attached hydrogens (primary N) is 1. The summed E-state index contributed by atoms with van der Waals surface area (Å²) in [5, 5.41) is 10.1. The van der Waals surface area contributed by atoms with E-state index in [-0.39, 0.29) is 23.0 Å². The molecule has 1 saturated carbocycles. The number of allylic oxidation sites excluding steroid dienone is 3. The van der Waals surface area contributed by atoms with E-state index in [2.05, 4.69) is 22.0 Å². The van der Waals surface area contributed by atoms with Crippen LogP contribution in [0.5, 0.6) is 0 Å². The van der Waals surface area contributed by atoms with Gasteiger partial charge in [-0.3, -0.25) is 0 Å². The van der Waals surface area contributed by atoms with Crippen LogP contribution >= 0.6 is 15.9 Å². The topological polar surface area (TPSA) is 64.7 Å². The molecule has 4 unspecified atom stereocenters. The van der Waals surface area contributed by atoms with Crippen molar-refractivity contribution in [3.63, 3.8) is 0 Å². The normalized spacial score (nSPS) is 45.4. The average Bonchev–Trinajstić information content (AvgIpc) is 2.68. The van der Waals surface area contributed by atoms with Gasteiger partial charge >= 0.3 is 0 Å². The maximum absolute atomic E-state index is 10.1. The van der Waals surface area contributed by atoms with E-state index in [1.165, 1.54) is 0 Å². The lowest BCUT2D eigenvalue weighted by atomic mass is 9.54. The molecule has 5 heteroatoms. The van der Waals surface area contributed by atoms with Crippen molar-refractivity contribution in [3.05, 3.63) is 34.2 Å². The summed E-state index contributed by atoms with van der Waals surface area (Å²) < 4.78 is 13.2. The highest BCUT2D eigenvalue weighted by molar-refractivity contribution is 9.11. The van der Waals surface area contributed by atoms with Crippen molar-refractivity contribution >= 4 is 15.9 Å². The molecule has 0 aromatic rings. The van der Waals surface area contributed by atoms with Gasteiger partial charge in [0.2, 0.25) is 0 Å². The molecule has 1 heterocycles. The van der Waals surface area contributed by atoms with Gasteiger partial charge < -0.3 is 20.3 Å². The van der Waals surface area contributed by atoms with Gasteiger partial charge in [-0.25, -0.2) is 0 Å². The fraction of sp³-hybridized carbons (Fsp3) is 0.667. The summed E-state index contributed by atoms with van der Waals surface area (Å²) >= 11 is 3.71. The maximum Gasteiger partial charge on any atom is 0.157 e. The number of hydrogen-bond donors (Lipinski definition) is 2. The highest BCUT2D eigenvalue weighted by atomic mass is 79.9. The average molecular weight is 382 g/mol. The van der Waals surface area contributed by atoms with E-state index in [4.69, 9.17) is 15.2 Å². The third-order valence-electron chi connectivity index (χ3n) is 6.21. The first-order chi connectivity index (χ1) is 11.0. The molecule has 5 atom stereocenters. The van der Waals surface area contributed by atoms with Crippen LogP contribution in [0.1, 0.15) is 38.5 Å².